The Morgan fingerprint density at radius 1 is 1.19 bits per heavy atom. The quantitative estimate of drug-likeness (QED) is 0.449. The Bertz CT molecular complexity index is 872. The summed E-state index contributed by atoms with van der Waals surface area (Å²) in [5, 5.41) is 35.6. The highest BCUT2D eigenvalue weighted by Crippen LogP contribution is 2.32. The molecule has 0 spiro atoms. The summed E-state index contributed by atoms with van der Waals surface area (Å²) in [6.45, 7) is 0.250. The largest absolute Gasteiger partial charge is 0.394 e. The fourth-order valence-corrected chi connectivity index (χ4v) is 3.56. The molecule has 0 unspecified atom stereocenters. The van der Waals surface area contributed by atoms with Crippen molar-refractivity contribution in [1.82, 2.24) is 24.5 Å². The van der Waals surface area contributed by atoms with Gasteiger partial charge in [-0.3, -0.25) is 4.57 Å². The molecule has 1 aliphatic heterocycles. The first-order chi connectivity index (χ1) is 12.7. The highest BCUT2D eigenvalue weighted by molar-refractivity contribution is 7.09. The van der Waals surface area contributed by atoms with E-state index in [1.165, 1.54) is 17.2 Å². The molecule has 26 heavy (non-hydrogen) atoms. The van der Waals surface area contributed by atoms with E-state index in [0.717, 1.165) is 11.4 Å². The van der Waals surface area contributed by atoms with Crippen LogP contribution in [0.3, 0.4) is 0 Å². The second kappa shape index (κ2) is 7.21. The van der Waals surface area contributed by atoms with Crippen LogP contribution < -0.4 is 5.32 Å². The van der Waals surface area contributed by atoms with Crippen LogP contribution in [0.25, 0.3) is 11.2 Å². The Balaban J connectivity index is 1.55. The van der Waals surface area contributed by atoms with E-state index >= 15 is 0 Å². The third kappa shape index (κ3) is 3.04. The maximum atomic E-state index is 10.2. The molecule has 4 heterocycles. The summed E-state index contributed by atoms with van der Waals surface area (Å²) in [5.41, 5.74) is 0.996. The number of ether oxygens (including phenoxy) is 1. The number of aliphatic hydroxyl groups is 3. The smallest absolute Gasteiger partial charge is 0.167 e. The van der Waals surface area contributed by atoms with E-state index in [1.54, 1.807) is 17.5 Å². The molecule has 0 amide bonds. The number of rotatable bonds is 6. The van der Waals surface area contributed by atoms with E-state index in [1.807, 2.05) is 5.38 Å². The first-order valence-electron chi connectivity index (χ1n) is 8.11. The van der Waals surface area contributed by atoms with Crippen LogP contribution in [0, 0.1) is 0 Å². The maximum Gasteiger partial charge on any atom is 0.167 e. The molecule has 0 aromatic carbocycles. The number of nitrogens with zero attached hydrogens (tertiary/aromatic N) is 5. The van der Waals surface area contributed by atoms with Gasteiger partial charge in [-0.1, -0.05) is 0 Å². The molecule has 4 N–H and O–H groups in total. The molecule has 10 nitrogen and oxygen atoms in total. The van der Waals surface area contributed by atoms with Crippen molar-refractivity contribution in [3.8, 4) is 0 Å². The van der Waals surface area contributed by atoms with E-state index in [2.05, 4.69) is 25.3 Å². The predicted molar refractivity (Wildman–Crippen MR) is 92.6 cm³/mol. The average Bonchev–Trinajstić information content (AvgIpc) is 3.37. The fourth-order valence-electron chi connectivity index (χ4n) is 2.94. The molecule has 0 saturated carbocycles. The SMILES string of the molecule is OC[C@H]1O[C@@H](n2cnc3c(NCCc4nccs4)ncnc32)[C@H](O)[C@@H]1O. The summed E-state index contributed by atoms with van der Waals surface area (Å²) in [4.78, 5) is 17.0. The van der Waals surface area contributed by atoms with Crippen molar-refractivity contribution in [2.24, 2.45) is 0 Å². The van der Waals surface area contributed by atoms with E-state index in [4.69, 9.17) is 4.74 Å². The molecule has 4 atom stereocenters. The Labute approximate surface area is 152 Å². The van der Waals surface area contributed by atoms with Crippen molar-refractivity contribution >= 4 is 28.3 Å². The highest BCUT2D eigenvalue weighted by Gasteiger charge is 2.44. The molecule has 3 aromatic heterocycles. The Kier molecular flexibility index (Phi) is 4.78. The minimum absolute atomic E-state index is 0.389. The number of thiazole rings is 1. The number of aromatic nitrogens is 5. The van der Waals surface area contributed by atoms with Gasteiger partial charge in [-0.25, -0.2) is 19.9 Å². The number of anilines is 1. The maximum absolute atomic E-state index is 10.2. The third-order valence-corrected chi connectivity index (χ3v) is 5.10. The lowest BCUT2D eigenvalue weighted by atomic mass is 10.1. The van der Waals surface area contributed by atoms with Gasteiger partial charge < -0.3 is 25.4 Å². The first kappa shape index (κ1) is 17.2. The summed E-state index contributed by atoms with van der Waals surface area (Å²) in [6, 6.07) is 0. The monoisotopic (exact) mass is 378 g/mol. The zero-order valence-corrected chi connectivity index (χ0v) is 14.5. The van der Waals surface area contributed by atoms with E-state index in [9.17, 15) is 15.3 Å². The molecule has 3 aromatic rings. The van der Waals surface area contributed by atoms with Crippen molar-refractivity contribution in [2.45, 2.75) is 31.0 Å². The zero-order chi connectivity index (χ0) is 18.1. The normalized spacial score (nSPS) is 25.8. The van der Waals surface area contributed by atoms with E-state index < -0.39 is 24.5 Å². The van der Waals surface area contributed by atoms with Gasteiger partial charge in [-0.05, 0) is 0 Å². The van der Waals surface area contributed by atoms with Crippen molar-refractivity contribution in [3.05, 3.63) is 29.2 Å². The molecule has 1 aliphatic rings. The summed E-state index contributed by atoms with van der Waals surface area (Å²) < 4.78 is 7.08. The molecular weight excluding hydrogens is 360 g/mol. The van der Waals surface area contributed by atoms with E-state index in [0.29, 0.717) is 23.5 Å². The third-order valence-electron chi connectivity index (χ3n) is 4.26. The van der Waals surface area contributed by atoms with Crippen LogP contribution in [0.2, 0.25) is 0 Å². The first-order valence-corrected chi connectivity index (χ1v) is 8.99. The minimum Gasteiger partial charge on any atom is -0.394 e. The van der Waals surface area contributed by atoms with Crippen LogP contribution in [0.1, 0.15) is 11.2 Å². The number of imidazole rings is 1. The lowest BCUT2D eigenvalue weighted by molar-refractivity contribution is -0.0511. The van der Waals surface area contributed by atoms with Crippen LogP contribution in [0.5, 0.6) is 0 Å². The average molecular weight is 378 g/mol. The Morgan fingerprint density at radius 3 is 2.81 bits per heavy atom. The van der Waals surface area contributed by atoms with Gasteiger partial charge in [0, 0.05) is 24.5 Å². The fraction of sp³-hybridized carbons (Fsp3) is 0.467. The molecule has 0 bridgehead atoms. The number of aliphatic hydroxyl groups excluding tert-OH is 3. The molecule has 0 radical (unpaired) electrons. The molecule has 1 fully saturated rings. The van der Waals surface area contributed by atoms with Crippen LogP contribution in [0.4, 0.5) is 5.82 Å². The van der Waals surface area contributed by atoms with Gasteiger partial charge in [0.05, 0.1) is 17.9 Å². The van der Waals surface area contributed by atoms with E-state index in [-0.39, 0.29) is 6.61 Å². The van der Waals surface area contributed by atoms with Crippen molar-refractivity contribution in [2.75, 3.05) is 18.5 Å². The van der Waals surface area contributed by atoms with Crippen LogP contribution >= 0.6 is 11.3 Å². The Hall–Kier alpha value is -2.18. The van der Waals surface area contributed by atoms with Gasteiger partial charge >= 0.3 is 0 Å². The molecule has 1 saturated heterocycles. The number of hydrogen-bond donors (Lipinski definition) is 4. The van der Waals surface area contributed by atoms with Gasteiger partial charge in [-0.15, -0.1) is 11.3 Å². The van der Waals surface area contributed by atoms with Gasteiger partial charge in [0.2, 0.25) is 0 Å². The molecular formula is C15H18N6O4S. The minimum atomic E-state index is -1.19. The van der Waals surface area contributed by atoms with Crippen molar-refractivity contribution in [1.29, 1.82) is 0 Å². The number of nitrogens with one attached hydrogen (secondary N) is 1. The summed E-state index contributed by atoms with van der Waals surface area (Å²) in [6.07, 6.45) is 1.29. The summed E-state index contributed by atoms with van der Waals surface area (Å²) in [5.74, 6) is 0.567. The standard InChI is InChI=1S/C15H18N6O4S/c22-5-8-11(23)12(24)15(25-8)21-7-20-10-13(18-6-19-14(10)21)17-2-1-9-16-3-4-26-9/h3-4,6-8,11-12,15,22-24H,1-2,5H2,(H,17,18,19)/t8-,11-,12-,15-/m1/s1. The molecule has 138 valence electrons. The summed E-state index contributed by atoms with van der Waals surface area (Å²) >= 11 is 1.59. The van der Waals surface area contributed by atoms with Gasteiger partial charge in [-0.2, -0.15) is 0 Å². The Morgan fingerprint density at radius 2 is 2.08 bits per heavy atom. The lowest BCUT2D eigenvalue weighted by Gasteiger charge is -2.16. The van der Waals surface area contributed by atoms with Crippen molar-refractivity contribution < 1.29 is 20.1 Å². The zero-order valence-electron chi connectivity index (χ0n) is 13.6. The number of hydrogen-bond acceptors (Lipinski definition) is 10. The molecule has 0 aliphatic carbocycles. The van der Waals surface area contributed by atoms with Crippen LogP contribution in [-0.2, 0) is 11.2 Å². The van der Waals surface area contributed by atoms with Gasteiger partial charge in [0.1, 0.15) is 24.6 Å². The van der Waals surface area contributed by atoms with Gasteiger partial charge in [0.25, 0.3) is 0 Å². The van der Waals surface area contributed by atoms with Crippen molar-refractivity contribution in [3.63, 3.8) is 0 Å². The second-order valence-electron chi connectivity index (χ2n) is 5.88. The van der Waals surface area contributed by atoms with Crippen LogP contribution in [-0.4, -0.2) is 71.3 Å². The second-order valence-corrected chi connectivity index (χ2v) is 6.86. The lowest BCUT2D eigenvalue weighted by Crippen LogP contribution is -2.33. The number of fused-ring (bicyclic) bond motifs is 1. The predicted octanol–water partition coefficient (Wildman–Crippen LogP) is -0.451. The van der Waals surface area contributed by atoms with Gasteiger partial charge in [0.15, 0.2) is 23.2 Å². The molecule has 11 heteroatoms. The highest BCUT2D eigenvalue weighted by atomic mass is 32.1. The van der Waals surface area contributed by atoms with Crippen LogP contribution in [0.15, 0.2) is 24.2 Å². The topological polar surface area (TPSA) is 138 Å². The molecule has 4 rings (SSSR count). The summed E-state index contributed by atoms with van der Waals surface area (Å²) in [7, 11) is 0.